The number of benzene rings is 3. The zero-order valence-corrected chi connectivity index (χ0v) is 22.0. The van der Waals surface area contributed by atoms with Gasteiger partial charge in [0.2, 0.25) is 0 Å². The fourth-order valence-electron chi connectivity index (χ4n) is 2.58. The molecule has 41 heavy (non-hydrogen) atoms. The number of carboxylic acids is 2. The van der Waals surface area contributed by atoms with Gasteiger partial charge in [-0.25, -0.2) is 0 Å². The monoisotopic (exact) mass is 629 g/mol. The fourth-order valence-corrected chi connectivity index (χ4v) is 2.58. The second-order valence-electron chi connectivity index (χ2n) is 7.56. The van der Waals surface area contributed by atoms with Gasteiger partial charge in [0, 0.05) is 35.5 Å². The molecule has 0 heterocycles. The smallest absolute Gasteiger partial charge is 0.550 e. The van der Waals surface area contributed by atoms with E-state index in [2.05, 4.69) is 9.98 Å². The van der Waals surface area contributed by atoms with Crippen molar-refractivity contribution in [1.82, 2.24) is 0 Å². The zero-order chi connectivity index (χ0) is 30.7. The molecule has 0 aromatic heterocycles. The third-order valence-electron chi connectivity index (χ3n) is 4.26. The molecule has 0 bridgehead atoms. The summed E-state index contributed by atoms with van der Waals surface area (Å²) in [7, 11) is 0. The van der Waals surface area contributed by atoms with Gasteiger partial charge in [-0.3, -0.25) is 9.98 Å². The summed E-state index contributed by atoms with van der Waals surface area (Å²) in [5, 5.41) is 37.2. The van der Waals surface area contributed by atoms with Gasteiger partial charge in [0.05, 0.1) is 22.5 Å². The van der Waals surface area contributed by atoms with E-state index in [0.717, 1.165) is 62.7 Å². The molecular formula is C26H20CoF6N2O6. The predicted molar refractivity (Wildman–Crippen MR) is 129 cm³/mol. The summed E-state index contributed by atoms with van der Waals surface area (Å²) >= 11 is 0. The number of phenolic OH excluding ortho intramolecular Hbond substituents is 2. The first-order chi connectivity index (χ1) is 18.4. The summed E-state index contributed by atoms with van der Waals surface area (Å²) in [4.78, 5) is 25.8. The molecule has 0 saturated carbocycles. The average Bonchev–Trinajstić information content (AvgIpc) is 2.81. The van der Waals surface area contributed by atoms with E-state index in [1.54, 1.807) is 0 Å². The number of phenols is 2. The normalized spacial score (nSPS) is 11.1. The van der Waals surface area contributed by atoms with E-state index in [4.69, 9.17) is 19.8 Å². The summed E-state index contributed by atoms with van der Waals surface area (Å²) in [6, 6.07) is 10.8. The van der Waals surface area contributed by atoms with Crippen LogP contribution in [-0.2, 0) is 38.7 Å². The molecule has 2 N–H and O–H groups in total. The minimum absolute atomic E-state index is 0. The van der Waals surface area contributed by atoms with Crippen LogP contribution >= 0.6 is 0 Å². The van der Waals surface area contributed by atoms with Crippen molar-refractivity contribution in [2.75, 3.05) is 0 Å². The van der Waals surface area contributed by atoms with E-state index >= 15 is 0 Å². The number of carbonyl (C=O) groups is 2. The van der Waals surface area contributed by atoms with E-state index < -0.39 is 35.4 Å². The van der Waals surface area contributed by atoms with Crippen molar-refractivity contribution < 1.29 is 73.1 Å². The van der Waals surface area contributed by atoms with Crippen LogP contribution in [0.3, 0.4) is 0 Å². The first kappa shape index (κ1) is 36.6. The number of aliphatic imine (C=N–C) groups is 2. The Balaban J connectivity index is 0.00000158. The van der Waals surface area contributed by atoms with Crippen LogP contribution in [-0.4, -0.2) is 34.6 Å². The Morgan fingerprint density at radius 1 is 0.659 bits per heavy atom. The van der Waals surface area contributed by atoms with E-state index in [-0.39, 0.29) is 39.4 Å². The predicted octanol–water partition coefficient (Wildman–Crippen LogP) is 4.15. The molecule has 0 amide bonds. The van der Waals surface area contributed by atoms with E-state index in [9.17, 15) is 36.6 Å². The summed E-state index contributed by atoms with van der Waals surface area (Å²) < 4.78 is 76.8. The summed E-state index contributed by atoms with van der Waals surface area (Å²) in [6.45, 7) is 1.94. The number of aromatic hydroxyl groups is 2. The number of nitrogens with zero attached hydrogens (tertiary/aromatic N) is 2. The largest absolute Gasteiger partial charge is 2.00 e. The van der Waals surface area contributed by atoms with Gasteiger partial charge in [-0.15, -0.1) is 0 Å². The molecule has 1 radical (unpaired) electrons. The molecule has 8 nitrogen and oxygen atoms in total. The standard InChI is InChI=1S/C22H14F6N2O2.2C2H4O2.Co/c23-21(24,25)15-1-7-19(31)13(9-15)11-29-17-3-5-18(6-4-17)30-12-14-10-16(22(26,27)28)2-8-20(14)32;2*1-2(3)4;/h1-12,31-32H;2*1H3,(H,3,4);/q;;;+2/p-2. The van der Waals surface area contributed by atoms with Crippen LogP contribution in [0.5, 0.6) is 11.5 Å². The van der Waals surface area contributed by atoms with Gasteiger partial charge in [-0.05, 0) is 74.5 Å². The molecule has 221 valence electrons. The molecule has 0 spiro atoms. The van der Waals surface area contributed by atoms with Crippen molar-refractivity contribution >= 4 is 35.7 Å². The summed E-state index contributed by atoms with van der Waals surface area (Å²) in [5.74, 6) is -2.91. The maximum absolute atomic E-state index is 12.8. The Bertz CT molecular complexity index is 1260. The molecule has 3 aromatic rings. The van der Waals surface area contributed by atoms with E-state index in [1.807, 2.05) is 0 Å². The Kier molecular flexibility index (Phi) is 14.3. The topological polar surface area (TPSA) is 145 Å². The van der Waals surface area contributed by atoms with Crippen LogP contribution in [0.1, 0.15) is 36.1 Å². The molecule has 3 rings (SSSR count). The molecule has 0 aliphatic heterocycles. The first-order valence-electron chi connectivity index (χ1n) is 10.7. The Morgan fingerprint density at radius 2 is 0.927 bits per heavy atom. The number of rotatable bonds is 4. The van der Waals surface area contributed by atoms with Crippen molar-refractivity contribution in [3.8, 4) is 11.5 Å². The zero-order valence-electron chi connectivity index (χ0n) is 21.0. The summed E-state index contributed by atoms with van der Waals surface area (Å²) in [6.07, 6.45) is -6.99. The van der Waals surface area contributed by atoms with Crippen molar-refractivity contribution in [2.45, 2.75) is 26.2 Å². The molecular weight excluding hydrogens is 609 g/mol. The first-order valence-corrected chi connectivity index (χ1v) is 10.7. The van der Waals surface area contributed by atoms with Crippen molar-refractivity contribution in [3.05, 3.63) is 82.9 Å². The quantitative estimate of drug-likeness (QED) is 0.328. The maximum Gasteiger partial charge on any atom is 2.00 e. The summed E-state index contributed by atoms with van der Waals surface area (Å²) in [5.41, 5.74) is -1.44. The van der Waals surface area contributed by atoms with Crippen LogP contribution in [0.2, 0.25) is 0 Å². The van der Waals surface area contributed by atoms with E-state index in [0.29, 0.717) is 11.4 Å². The number of carbonyl (C=O) groups excluding carboxylic acids is 2. The Labute approximate surface area is 239 Å². The van der Waals surface area contributed by atoms with Crippen molar-refractivity contribution in [3.63, 3.8) is 0 Å². The van der Waals surface area contributed by atoms with Gasteiger partial charge < -0.3 is 30.0 Å². The van der Waals surface area contributed by atoms with Gasteiger partial charge in [0.25, 0.3) is 0 Å². The van der Waals surface area contributed by atoms with Gasteiger partial charge >= 0.3 is 29.1 Å². The molecule has 0 aliphatic carbocycles. The molecule has 15 heteroatoms. The van der Waals surface area contributed by atoms with Crippen LogP contribution in [0.25, 0.3) is 0 Å². The minimum atomic E-state index is -4.57. The van der Waals surface area contributed by atoms with E-state index in [1.165, 1.54) is 24.3 Å². The van der Waals surface area contributed by atoms with Gasteiger partial charge in [-0.1, -0.05) is 0 Å². The third kappa shape index (κ3) is 14.0. The van der Waals surface area contributed by atoms with Crippen LogP contribution in [0.15, 0.2) is 70.6 Å². The molecule has 0 fully saturated rings. The maximum atomic E-state index is 12.8. The molecule has 3 aromatic carbocycles. The second kappa shape index (κ2) is 16.0. The number of carboxylic acid groups (broad SMARTS) is 2. The van der Waals surface area contributed by atoms with Gasteiger partial charge in [0.15, 0.2) is 0 Å². The number of halogens is 6. The average molecular weight is 629 g/mol. The number of hydrogen-bond acceptors (Lipinski definition) is 8. The number of alkyl halides is 6. The Hall–Kier alpha value is -4.37. The van der Waals surface area contributed by atoms with Gasteiger partial charge in [0.1, 0.15) is 11.5 Å². The van der Waals surface area contributed by atoms with Crippen molar-refractivity contribution in [1.29, 1.82) is 0 Å². The van der Waals surface area contributed by atoms with Crippen LogP contribution < -0.4 is 10.2 Å². The second-order valence-corrected chi connectivity index (χ2v) is 7.56. The third-order valence-corrected chi connectivity index (χ3v) is 4.26. The number of hydrogen-bond donors (Lipinski definition) is 2. The van der Waals surface area contributed by atoms with Gasteiger partial charge in [-0.2, -0.15) is 26.3 Å². The minimum Gasteiger partial charge on any atom is -0.550 e. The SMILES string of the molecule is CC(=O)[O-].CC(=O)[O-].Oc1ccc(C(F)(F)F)cc1C=Nc1ccc(N=Cc2cc(C(F)(F)F)ccc2O)cc1.[Co+2]. The molecule has 0 atom stereocenters. The molecule has 0 unspecified atom stereocenters. The molecule has 0 saturated heterocycles. The number of aliphatic carboxylic acids is 2. The molecule has 0 aliphatic rings. The van der Waals surface area contributed by atoms with Crippen LogP contribution in [0.4, 0.5) is 37.7 Å². The van der Waals surface area contributed by atoms with Crippen molar-refractivity contribution in [2.24, 2.45) is 9.98 Å². The Morgan fingerprint density at radius 3 is 1.17 bits per heavy atom. The van der Waals surface area contributed by atoms with Crippen LogP contribution in [0, 0.1) is 0 Å². The fraction of sp³-hybridized carbons (Fsp3) is 0.154.